The van der Waals surface area contributed by atoms with Gasteiger partial charge in [0.25, 0.3) is 10.0 Å². The van der Waals surface area contributed by atoms with E-state index in [0.717, 1.165) is 5.69 Å². The van der Waals surface area contributed by atoms with Gasteiger partial charge in [0.15, 0.2) is 0 Å². The third-order valence-corrected chi connectivity index (χ3v) is 5.11. The van der Waals surface area contributed by atoms with Gasteiger partial charge in [-0.1, -0.05) is 57.2 Å². The molecule has 0 atom stereocenters. The second kappa shape index (κ2) is 6.37. The summed E-state index contributed by atoms with van der Waals surface area (Å²) in [6.45, 7) is 5.85. The van der Waals surface area contributed by atoms with Crippen LogP contribution in [-0.4, -0.2) is 18.2 Å². The van der Waals surface area contributed by atoms with Gasteiger partial charge in [-0.25, -0.2) is 13.1 Å². The summed E-state index contributed by atoms with van der Waals surface area (Å²) in [7, 11) is -3.75. The molecule has 0 bridgehead atoms. The molecule has 0 spiro atoms. The molecule has 1 N–H and O–H groups in total. The topological polar surface area (TPSA) is 64.0 Å². The Bertz CT molecular complexity index is 957. The van der Waals surface area contributed by atoms with Crippen LogP contribution in [0.15, 0.2) is 71.8 Å². The van der Waals surface area contributed by atoms with E-state index in [1.807, 2.05) is 57.2 Å². The van der Waals surface area contributed by atoms with Crippen molar-refractivity contribution in [1.29, 1.82) is 0 Å². The third kappa shape index (κ3) is 3.74. The van der Waals surface area contributed by atoms with Crippen molar-refractivity contribution in [3.63, 3.8) is 0 Å². The van der Waals surface area contributed by atoms with Gasteiger partial charge in [-0.15, -0.1) is 0 Å². The van der Waals surface area contributed by atoms with Crippen LogP contribution in [0.3, 0.4) is 0 Å². The molecular formula is C19H21N3O2S. The first-order chi connectivity index (χ1) is 11.8. The number of hydrogen-bond donors (Lipinski definition) is 1. The van der Waals surface area contributed by atoms with Crippen LogP contribution < -0.4 is 4.72 Å². The van der Waals surface area contributed by atoms with E-state index in [-0.39, 0.29) is 4.90 Å². The van der Waals surface area contributed by atoms with Crippen LogP contribution >= 0.6 is 0 Å². The molecule has 130 valence electrons. The highest BCUT2D eigenvalue weighted by Crippen LogP contribution is 2.29. The first-order valence-electron chi connectivity index (χ1n) is 8.01. The van der Waals surface area contributed by atoms with Crippen molar-refractivity contribution >= 4 is 15.7 Å². The second-order valence-corrected chi connectivity index (χ2v) is 8.49. The maximum absolute atomic E-state index is 12.9. The fraction of sp³-hybridized carbons (Fsp3) is 0.211. The normalized spacial score (nSPS) is 12.1. The molecule has 0 aliphatic rings. The van der Waals surface area contributed by atoms with E-state index in [1.54, 1.807) is 35.1 Å². The highest BCUT2D eigenvalue weighted by atomic mass is 32.2. The van der Waals surface area contributed by atoms with Crippen LogP contribution in [0, 0.1) is 0 Å². The van der Waals surface area contributed by atoms with Crippen LogP contribution in [-0.2, 0) is 15.4 Å². The molecule has 1 aromatic heterocycles. The first-order valence-corrected chi connectivity index (χ1v) is 9.49. The number of para-hydroxylation sites is 2. The standard InChI is InChI=1S/C19H21N3O2S/c1-19(2,3)18-17(14-22(20-18)16-12-8-5-9-13-16)25(23,24)21-15-10-6-4-7-11-15/h4-14,21H,1-3H3. The third-order valence-electron chi connectivity index (χ3n) is 3.73. The summed E-state index contributed by atoms with van der Waals surface area (Å²) >= 11 is 0. The molecule has 0 saturated heterocycles. The first kappa shape index (κ1) is 17.2. The van der Waals surface area contributed by atoms with Gasteiger partial charge in [0.05, 0.1) is 17.6 Å². The summed E-state index contributed by atoms with van der Waals surface area (Å²) in [5.74, 6) is 0. The fourth-order valence-corrected chi connectivity index (χ4v) is 3.90. The lowest BCUT2D eigenvalue weighted by atomic mass is 9.92. The lowest BCUT2D eigenvalue weighted by Gasteiger charge is -2.17. The van der Waals surface area contributed by atoms with Gasteiger partial charge in [-0.2, -0.15) is 5.10 Å². The van der Waals surface area contributed by atoms with Crippen LogP contribution in [0.5, 0.6) is 0 Å². The Balaban J connectivity index is 2.09. The van der Waals surface area contributed by atoms with E-state index in [2.05, 4.69) is 9.82 Å². The molecule has 1 heterocycles. The Morgan fingerprint density at radius 2 is 1.48 bits per heavy atom. The number of anilines is 1. The summed E-state index contributed by atoms with van der Waals surface area (Å²) in [6.07, 6.45) is 1.57. The number of nitrogens with one attached hydrogen (secondary N) is 1. The second-order valence-electron chi connectivity index (χ2n) is 6.84. The molecule has 3 rings (SSSR count). The molecule has 25 heavy (non-hydrogen) atoms. The van der Waals surface area contributed by atoms with Gasteiger partial charge >= 0.3 is 0 Å². The zero-order chi connectivity index (χ0) is 18.1. The Kier molecular flexibility index (Phi) is 4.39. The van der Waals surface area contributed by atoms with Crippen LogP contribution in [0.2, 0.25) is 0 Å². The minimum absolute atomic E-state index is 0.188. The summed E-state index contributed by atoms with van der Waals surface area (Å²) in [5.41, 5.74) is 1.45. The van der Waals surface area contributed by atoms with Crippen molar-refractivity contribution in [3.05, 3.63) is 72.6 Å². The number of rotatable bonds is 4. The van der Waals surface area contributed by atoms with Crippen molar-refractivity contribution < 1.29 is 8.42 Å². The zero-order valence-corrected chi connectivity index (χ0v) is 15.3. The molecule has 0 aliphatic carbocycles. The van der Waals surface area contributed by atoms with E-state index in [1.165, 1.54) is 0 Å². The van der Waals surface area contributed by atoms with Gasteiger partial charge < -0.3 is 0 Å². The molecular weight excluding hydrogens is 334 g/mol. The lowest BCUT2D eigenvalue weighted by molar-refractivity contribution is 0.543. The van der Waals surface area contributed by atoms with E-state index in [0.29, 0.717) is 11.4 Å². The van der Waals surface area contributed by atoms with Crippen molar-refractivity contribution in [1.82, 2.24) is 9.78 Å². The predicted octanol–water partition coefficient (Wildman–Crippen LogP) is 3.97. The number of aromatic nitrogens is 2. The van der Waals surface area contributed by atoms with Gasteiger partial charge in [0.1, 0.15) is 4.90 Å². The largest absolute Gasteiger partial charge is 0.280 e. The zero-order valence-electron chi connectivity index (χ0n) is 14.5. The average Bonchev–Trinajstić information content (AvgIpc) is 3.03. The number of benzene rings is 2. The smallest absolute Gasteiger partial charge is 0.265 e. The summed E-state index contributed by atoms with van der Waals surface area (Å²) in [5, 5.41) is 4.56. The molecule has 0 radical (unpaired) electrons. The molecule has 0 amide bonds. The predicted molar refractivity (Wildman–Crippen MR) is 99.5 cm³/mol. The highest BCUT2D eigenvalue weighted by molar-refractivity contribution is 7.92. The summed E-state index contributed by atoms with van der Waals surface area (Å²) in [4.78, 5) is 0.188. The Morgan fingerprint density at radius 1 is 0.920 bits per heavy atom. The summed E-state index contributed by atoms with van der Waals surface area (Å²) < 4.78 is 30.1. The summed E-state index contributed by atoms with van der Waals surface area (Å²) in [6, 6.07) is 18.3. The Hall–Kier alpha value is -2.60. The van der Waals surface area contributed by atoms with E-state index in [4.69, 9.17) is 0 Å². The van der Waals surface area contributed by atoms with Gasteiger partial charge in [-0.3, -0.25) is 4.72 Å². The quantitative estimate of drug-likeness (QED) is 0.770. The molecule has 2 aromatic carbocycles. The molecule has 0 saturated carbocycles. The van der Waals surface area contributed by atoms with E-state index in [9.17, 15) is 8.42 Å². The van der Waals surface area contributed by atoms with Crippen LogP contribution in [0.4, 0.5) is 5.69 Å². The SMILES string of the molecule is CC(C)(C)c1nn(-c2ccccc2)cc1S(=O)(=O)Nc1ccccc1. The van der Waals surface area contributed by atoms with Gasteiger partial charge in [-0.05, 0) is 24.3 Å². The molecule has 0 aliphatic heterocycles. The van der Waals surface area contributed by atoms with Crippen molar-refractivity contribution in [2.24, 2.45) is 0 Å². The number of hydrogen-bond acceptors (Lipinski definition) is 3. The monoisotopic (exact) mass is 355 g/mol. The van der Waals surface area contributed by atoms with Crippen LogP contribution in [0.1, 0.15) is 26.5 Å². The number of sulfonamides is 1. The molecule has 0 unspecified atom stereocenters. The molecule has 3 aromatic rings. The van der Waals surface area contributed by atoms with Crippen molar-refractivity contribution in [3.8, 4) is 5.69 Å². The number of nitrogens with zero attached hydrogens (tertiary/aromatic N) is 2. The van der Waals surface area contributed by atoms with E-state index < -0.39 is 15.4 Å². The van der Waals surface area contributed by atoms with Gasteiger partial charge in [0, 0.05) is 11.1 Å². The van der Waals surface area contributed by atoms with Crippen molar-refractivity contribution in [2.45, 2.75) is 31.1 Å². The maximum atomic E-state index is 12.9. The minimum atomic E-state index is -3.75. The van der Waals surface area contributed by atoms with Crippen molar-refractivity contribution in [2.75, 3.05) is 4.72 Å². The molecule has 5 nitrogen and oxygen atoms in total. The fourth-order valence-electron chi connectivity index (χ4n) is 2.50. The minimum Gasteiger partial charge on any atom is -0.280 e. The molecule has 6 heteroatoms. The Labute approximate surface area is 148 Å². The molecule has 0 fully saturated rings. The van der Waals surface area contributed by atoms with E-state index >= 15 is 0 Å². The van der Waals surface area contributed by atoms with Gasteiger partial charge in [0.2, 0.25) is 0 Å². The maximum Gasteiger partial charge on any atom is 0.265 e. The highest BCUT2D eigenvalue weighted by Gasteiger charge is 2.30. The Morgan fingerprint density at radius 3 is 2.04 bits per heavy atom. The average molecular weight is 355 g/mol. The van der Waals surface area contributed by atoms with Crippen LogP contribution in [0.25, 0.3) is 5.69 Å². The lowest BCUT2D eigenvalue weighted by Crippen LogP contribution is -2.20.